The van der Waals surface area contributed by atoms with Gasteiger partial charge in [0.25, 0.3) is 0 Å². The predicted octanol–water partition coefficient (Wildman–Crippen LogP) is 1.22. The quantitative estimate of drug-likeness (QED) is 0.748. The Bertz CT molecular complexity index is 198. The van der Waals surface area contributed by atoms with Crippen LogP contribution < -0.4 is 5.73 Å². The molecule has 0 aromatic rings. The maximum atomic E-state index is 6.02. The minimum atomic E-state index is 0.458. The van der Waals surface area contributed by atoms with Gasteiger partial charge >= 0.3 is 0 Å². The summed E-state index contributed by atoms with van der Waals surface area (Å²) in [5.74, 6) is 0.828. The van der Waals surface area contributed by atoms with Crippen LogP contribution in [0.5, 0.6) is 0 Å². The van der Waals surface area contributed by atoms with Crippen LogP contribution >= 0.6 is 0 Å². The highest BCUT2D eigenvalue weighted by Crippen LogP contribution is 2.25. The van der Waals surface area contributed by atoms with Crippen LogP contribution in [0, 0.1) is 5.92 Å². The maximum absolute atomic E-state index is 6.02. The molecule has 15 heavy (non-hydrogen) atoms. The summed E-state index contributed by atoms with van der Waals surface area (Å²) in [6.45, 7) is 6.41. The average Bonchev–Trinajstić information content (AvgIpc) is 2.22. The zero-order valence-electron chi connectivity index (χ0n) is 9.82. The summed E-state index contributed by atoms with van der Waals surface area (Å²) in [5, 5.41) is 0. The van der Waals surface area contributed by atoms with Crippen molar-refractivity contribution in [3.63, 3.8) is 0 Å². The zero-order chi connectivity index (χ0) is 10.7. The van der Waals surface area contributed by atoms with Gasteiger partial charge in [0, 0.05) is 25.2 Å². The molecule has 2 aliphatic rings. The first-order valence-corrected chi connectivity index (χ1v) is 6.33. The fourth-order valence-corrected chi connectivity index (χ4v) is 2.86. The lowest BCUT2D eigenvalue weighted by Crippen LogP contribution is -2.46. The van der Waals surface area contributed by atoms with E-state index in [0.717, 1.165) is 25.7 Å². The number of nitrogens with zero attached hydrogens (tertiary/aromatic N) is 1. The number of rotatable bonds is 2. The summed E-state index contributed by atoms with van der Waals surface area (Å²) in [6.07, 6.45) is 5.15. The number of hydrogen-bond acceptors (Lipinski definition) is 3. The first-order chi connectivity index (χ1) is 7.25. The van der Waals surface area contributed by atoms with Crippen molar-refractivity contribution >= 4 is 0 Å². The molecule has 88 valence electrons. The first-order valence-electron chi connectivity index (χ1n) is 6.33. The van der Waals surface area contributed by atoms with E-state index in [1.165, 1.54) is 32.2 Å². The summed E-state index contributed by atoms with van der Waals surface area (Å²) in [5.41, 5.74) is 6.02. The predicted molar refractivity (Wildman–Crippen MR) is 61.8 cm³/mol. The van der Waals surface area contributed by atoms with Crippen LogP contribution in [0.2, 0.25) is 0 Å². The summed E-state index contributed by atoms with van der Waals surface area (Å²) in [7, 11) is 0. The van der Waals surface area contributed by atoms with Crippen molar-refractivity contribution < 1.29 is 4.74 Å². The monoisotopic (exact) mass is 212 g/mol. The van der Waals surface area contributed by atoms with Gasteiger partial charge in [-0.2, -0.15) is 0 Å². The molecule has 3 unspecified atom stereocenters. The van der Waals surface area contributed by atoms with E-state index in [1.807, 2.05) is 0 Å². The van der Waals surface area contributed by atoms with Gasteiger partial charge in [0.1, 0.15) is 0 Å². The minimum absolute atomic E-state index is 0.458. The Kier molecular flexibility index (Phi) is 4.00. The lowest BCUT2D eigenvalue weighted by molar-refractivity contribution is -0.0101. The SMILES string of the molecule is CC1COCCN1CC1CCCC(N)C1. The largest absolute Gasteiger partial charge is 0.379 e. The van der Waals surface area contributed by atoms with Crippen LogP contribution in [0.15, 0.2) is 0 Å². The molecule has 0 amide bonds. The smallest absolute Gasteiger partial charge is 0.0619 e. The Balaban J connectivity index is 1.79. The van der Waals surface area contributed by atoms with Gasteiger partial charge in [-0.1, -0.05) is 6.42 Å². The van der Waals surface area contributed by atoms with Gasteiger partial charge in [0.15, 0.2) is 0 Å². The van der Waals surface area contributed by atoms with Gasteiger partial charge in [-0.3, -0.25) is 4.90 Å². The molecule has 3 atom stereocenters. The Morgan fingerprint density at radius 1 is 1.40 bits per heavy atom. The number of nitrogens with two attached hydrogens (primary N) is 1. The van der Waals surface area contributed by atoms with Gasteiger partial charge in [0.2, 0.25) is 0 Å². The fourth-order valence-electron chi connectivity index (χ4n) is 2.86. The normalized spacial score (nSPS) is 39.2. The zero-order valence-corrected chi connectivity index (χ0v) is 9.82. The average molecular weight is 212 g/mol. The van der Waals surface area contributed by atoms with Crippen molar-refractivity contribution in [2.75, 3.05) is 26.3 Å². The molecule has 0 spiro atoms. The van der Waals surface area contributed by atoms with Gasteiger partial charge in [0.05, 0.1) is 13.2 Å². The third kappa shape index (κ3) is 3.16. The van der Waals surface area contributed by atoms with E-state index < -0.39 is 0 Å². The Morgan fingerprint density at radius 2 is 2.27 bits per heavy atom. The molecule has 2 fully saturated rings. The fraction of sp³-hybridized carbons (Fsp3) is 1.00. The summed E-state index contributed by atoms with van der Waals surface area (Å²) < 4.78 is 5.46. The Morgan fingerprint density at radius 3 is 3.00 bits per heavy atom. The molecule has 0 radical (unpaired) electrons. The molecule has 0 aromatic carbocycles. The minimum Gasteiger partial charge on any atom is -0.379 e. The second-order valence-corrected chi connectivity index (χ2v) is 5.21. The van der Waals surface area contributed by atoms with Crippen LogP contribution in [-0.2, 0) is 4.74 Å². The molecule has 2 N–H and O–H groups in total. The second-order valence-electron chi connectivity index (χ2n) is 5.21. The third-order valence-electron chi connectivity index (χ3n) is 3.82. The first kappa shape index (κ1) is 11.4. The van der Waals surface area contributed by atoms with E-state index in [4.69, 9.17) is 10.5 Å². The van der Waals surface area contributed by atoms with Crippen molar-refractivity contribution in [1.82, 2.24) is 4.90 Å². The Labute approximate surface area is 93.0 Å². The molecule has 1 saturated carbocycles. The molecule has 1 saturated heterocycles. The van der Waals surface area contributed by atoms with Crippen molar-refractivity contribution in [2.45, 2.75) is 44.7 Å². The summed E-state index contributed by atoms with van der Waals surface area (Å²) >= 11 is 0. The summed E-state index contributed by atoms with van der Waals surface area (Å²) in [6, 6.07) is 1.05. The van der Waals surface area contributed by atoms with Crippen LogP contribution in [-0.4, -0.2) is 43.3 Å². The molecule has 1 aliphatic heterocycles. The highest BCUT2D eigenvalue weighted by molar-refractivity contribution is 4.80. The van der Waals surface area contributed by atoms with E-state index >= 15 is 0 Å². The molecule has 0 aromatic heterocycles. The standard InChI is InChI=1S/C12H24N2O/c1-10-9-15-6-5-14(10)8-11-3-2-4-12(13)7-11/h10-12H,2-9,13H2,1H3. The van der Waals surface area contributed by atoms with Crippen LogP contribution in [0.3, 0.4) is 0 Å². The molecule has 3 heteroatoms. The maximum Gasteiger partial charge on any atom is 0.0619 e. The second kappa shape index (κ2) is 5.28. The van der Waals surface area contributed by atoms with E-state index in [-0.39, 0.29) is 0 Å². The molecular formula is C12H24N2O. The van der Waals surface area contributed by atoms with E-state index in [0.29, 0.717) is 12.1 Å². The van der Waals surface area contributed by atoms with Crippen molar-refractivity contribution in [3.05, 3.63) is 0 Å². The van der Waals surface area contributed by atoms with E-state index in [1.54, 1.807) is 0 Å². The lowest BCUT2D eigenvalue weighted by Gasteiger charge is -2.37. The molecule has 3 nitrogen and oxygen atoms in total. The molecule has 1 aliphatic carbocycles. The van der Waals surface area contributed by atoms with Crippen molar-refractivity contribution in [3.8, 4) is 0 Å². The number of hydrogen-bond donors (Lipinski definition) is 1. The topological polar surface area (TPSA) is 38.5 Å². The van der Waals surface area contributed by atoms with Gasteiger partial charge in [-0.05, 0) is 32.1 Å². The van der Waals surface area contributed by atoms with Gasteiger partial charge in [-0.25, -0.2) is 0 Å². The number of ether oxygens (including phenoxy) is 1. The Hall–Kier alpha value is -0.120. The molecular weight excluding hydrogens is 188 g/mol. The molecule has 1 heterocycles. The third-order valence-corrected chi connectivity index (χ3v) is 3.82. The highest BCUT2D eigenvalue weighted by atomic mass is 16.5. The van der Waals surface area contributed by atoms with Crippen LogP contribution in [0.4, 0.5) is 0 Å². The van der Waals surface area contributed by atoms with Crippen LogP contribution in [0.1, 0.15) is 32.6 Å². The highest BCUT2D eigenvalue weighted by Gasteiger charge is 2.25. The van der Waals surface area contributed by atoms with E-state index in [9.17, 15) is 0 Å². The molecule has 2 rings (SSSR count). The van der Waals surface area contributed by atoms with E-state index in [2.05, 4.69) is 11.8 Å². The van der Waals surface area contributed by atoms with Crippen molar-refractivity contribution in [1.29, 1.82) is 0 Å². The van der Waals surface area contributed by atoms with Crippen molar-refractivity contribution in [2.24, 2.45) is 11.7 Å². The summed E-state index contributed by atoms with van der Waals surface area (Å²) in [4.78, 5) is 2.58. The number of morpholine rings is 1. The van der Waals surface area contributed by atoms with Gasteiger partial charge in [-0.15, -0.1) is 0 Å². The van der Waals surface area contributed by atoms with Gasteiger partial charge < -0.3 is 10.5 Å². The molecule has 0 bridgehead atoms. The van der Waals surface area contributed by atoms with Crippen LogP contribution in [0.25, 0.3) is 0 Å². The lowest BCUT2D eigenvalue weighted by atomic mass is 9.85.